The average molecular weight is 228 g/mol. The molecular weight excluding hydrogens is 208 g/mol. The minimum atomic E-state index is -0.521. The summed E-state index contributed by atoms with van der Waals surface area (Å²) in [6, 6.07) is -0.375. The SMILES string of the molecule is CNC(=O)[C@@H]1CCCN1C(=O)OC(C)(C)C. The predicted octanol–water partition coefficient (Wildman–Crippen LogP) is 1.13. The van der Waals surface area contributed by atoms with Crippen molar-refractivity contribution >= 4 is 12.0 Å². The molecule has 0 aromatic rings. The second-order valence-electron chi connectivity index (χ2n) is 4.95. The van der Waals surface area contributed by atoms with Crippen molar-refractivity contribution in [3.8, 4) is 0 Å². The van der Waals surface area contributed by atoms with Gasteiger partial charge in [-0.1, -0.05) is 0 Å². The standard InChI is InChI=1S/C11H20N2O3/c1-11(2,3)16-10(15)13-7-5-6-8(13)9(14)12-4/h8H,5-7H2,1-4H3,(H,12,14)/t8-/m0/s1. The van der Waals surface area contributed by atoms with Gasteiger partial charge in [0.05, 0.1) is 0 Å². The fourth-order valence-electron chi connectivity index (χ4n) is 1.74. The molecule has 0 radical (unpaired) electrons. The van der Waals surface area contributed by atoms with E-state index in [2.05, 4.69) is 5.32 Å². The van der Waals surface area contributed by atoms with Crippen LogP contribution in [0.3, 0.4) is 0 Å². The van der Waals surface area contributed by atoms with E-state index in [-0.39, 0.29) is 11.9 Å². The number of likely N-dealkylation sites (N-methyl/N-ethyl adjacent to an activating group) is 1. The van der Waals surface area contributed by atoms with Gasteiger partial charge in [0.25, 0.3) is 0 Å². The second kappa shape index (κ2) is 4.72. The average Bonchev–Trinajstić information content (AvgIpc) is 2.62. The highest BCUT2D eigenvalue weighted by atomic mass is 16.6. The molecule has 2 amide bonds. The van der Waals surface area contributed by atoms with E-state index in [4.69, 9.17) is 4.74 Å². The molecule has 92 valence electrons. The molecule has 1 fully saturated rings. The van der Waals surface area contributed by atoms with Gasteiger partial charge in [-0.15, -0.1) is 0 Å². The smallest absolute Gasteiger partial charge is 0.410 e. The van der Waals surface area contributed by atoms with Gasteiger partial charge in [-0.25, -0.2) is 4.79 Å². The van der Waals surface area contributed by atoms with Gasteiger partial charge < -0.3 is 10.1 Å². The van der Waals surface area contributed by atoms with E-state index < -0.39 is 11.7 Å². The summed E-state index contributed by atoms with van der Waals surface area (Å²) in [4.78, 5) is 24.9. The van der Waals surface area contributed by atoms with Gasteiger partial charge in [0.2, 0.25) is 5.91 Å². The Labute approximate surface area is 96.1 Å². The van der Waals surface area contributed by atoms with Gasteiger partial charge in [0.15, 0.2) is 0 Å². The van der Waals surface area contributed by atoms with Crippen molar-refractivity contribution in [2.45, 2.75) is 45.3 Å². The van der Waals surface area contributed by atoms with Crippen molar-refractivity contribution < 1.29 is 14.3 Å². The Hall–Kier alpha value is -1.26. The predicted molar refractivity (Wildman–Crippen MR) is 60.0 cm³/mol. The number of carbonyl (C=O) groups excluding carboxylic acids is 2. The lowest BCUT2D eigenvalue weighted by atomic mass is 10.2. The van der Waals surface area contributed by atoms with Crippen LogP contribution >= 0.6 is 0 Å². The summed E-state index contributed by atoms with van der Waals surface area (Å²) in [5, 5.41) is 2.57. The zero-order chi connectivity index (χ0) is 12.3. The Morgan fingerprint density at radius 1 is 1.38 bits per heavy atom. The van der Waals surface area contributed by atoms with Gasteiger partial charge in [-0.05, 0) is 33.6 Å². The summed E-state index contributed by atoms with van der Waals surface area (Å²) in [6.45, 7) is 6.04. The van der Waals surface area contributed by atoms with E-state index in [0.717, 1.165) is 6.42 Å². The first-order valence-electron chi connectivity index (χ1n) is 5.56. The molecule has 1 aliphatic rings. The first kappa shape index (κ1) is 12.8. The van der Waals surface area contributed by atoms with E-state index in [9.17, 15) is 9.59 Å². The number of hydrogen-bond acceptors (Lipinski definition) is 3. The van der Waals surface area contributed by atoms with Crippen LogP contribution in [0.15, 0.2) is 0 Å². The van der Waals surface area contributed by atoms with Crippen LogP contribution in [0.5, 0.6) is 0 Å². The summed E-state index contributed by atoms with van der Waals surface area (Å²) < 4.78 is 5.25. The van der Waals surface area contributed by atoms with E-state index in [1.165, 1.54) is 4.90 Å². The van der Waals surface area contributed by atoms with Crippen molar-refractivity contribution in [1.29, 1.82) is 0 Å². The third-order valence-electron chi connectivity index (χ3n) is 2.43. The molecule has 0 bridgehead atoms. The number of rotatable bonds is 1. The van der Waals surface area contributed by atoms with Gasteiger partial charge >= 0.3 is 6.09 Å². The molecule has 0 spiro atoms. The zero-order valence-electron chi connectivity index (χ0n) is 10.4. The Kier molecular flexibility index (Phi) is 3.78. The van der Waals surface area contributed by atoms with E-state index in [1.54, 1.807) is 7.05 Å². The maximum atomic E-state index is 11.8. The Bertz CT molecular complexity index is 283. The van der Waals surface area contributed by atoms with Crippen LogP contribution in [0.2, 0.25) is 0 Å². The molecule has 0 saturated carbocycles. The molecule has 1 heterocycles. The second-order valence-corrected chi connectivity index (χ2v) is 4.95. The quantitative estimate of drug-likeness (QED) is 0.732. The lowest BCUT2D eigenvalue weighted by Crippen LogP contribution is -2.46. The minimum Gasteiger partial charge on any atom is -0.444 e. The molecule has 0 aliphatic carbocycles. The molecule has 0 aromatic heterocycles. The Balaban J connectivity index is 2.65. The summed E-state index contributed by atoms with van der Waals surface area (Å²) in [5.41, 5.74) is -0.521. The number of amides is 2. The molecule has 1 aliphatic heterocycles. The van der Waals surface area contributed by atoms with Crippen molar-refractivity contribution in [2.24, 2.45) is 0 Å². The van der Waals surface area contributed by atoms with Crippen LogP contribution in [0.4, 0.5) is 4.79 Å². The molecular formula is C11H20N2O3. The van der Waals surface area contributed by atoms with Gasteiger partial charge in [-0.2, -0.15) is 0 Å². The van der Waals surface area contributed by atoms with Crippen molar-refractivity contribution in [2.75, 3.05) is 13.6 Å². The van der Waals surface area contributed by atoms with Crippen molar-refractivity contribution in [3.05, 3.63) is 0 Å². The van der Waals surface area contributed by atoms with Crippen molar-refractivity contribution in [3.63, 3.8) is 0 Å². The molecule has 0 aromatic carbocycles. The van der Waals surface area contributed by atoms with Crippen LogP contribution in [0, 0.1) is 0 Å². The summed E-state index contributed by atoms with van der Waals surface area (Å²) in [7, 11) is 1.58. The molecule has 1 rings (SSSR count). The summed E-state index contributed by atoms with van der Waals surface area (Å²) in [6.07, 6.45) is 1.15. The third kappa shape index (κ3) is 3.12. The van der Waals surface area contributed by atoms with Crippen LogP contribution in [0.1, 0.15) is 33.6 Å². The summed E-state index contributed by atoms with van der Waals surface area (Å²) in [5.74, 6) is -0.122. The van der Waals surface area contributed by atoms with Gasteiger partial charge in [0, 0.05) is 13.6 Å². The topological polar surface area (TPSA) is 58.6 Å². The fourth-order valence-corrected chi connectivity index (χ4v) is 1.74. The van der Waals surface area contributed by atoms with Crippen molar-refractivity contribution in [1.82, 2.24) is 10.2 Å². The number of ether oxygens (including phenoxy) is 1. The molecule has 1 atom stereocenters. The number of hydrogen-bond donors (Lipinski definition) is 1. The number of likely N-dealkylation sites (tertiary alicyclic amines) is 1. The Morgan fingerprint density at radius 3 is 2.50 bits per heavy atom. The number of carbonyl (C=O) groups is 2. The van der Waals surface area contributed by atoms with Crippen LogP contribution in [-0.2, 0) is 9.53 Å². The van der Waals surface area contributed by atoms with Crippen LogP contribution < -0.4 is 5.32 Å². The maximum absolute atomic E-state index is 11.8. The molecule has 0 unspecified atom stereocenters. The maximum Gasteiger partial charge on any atom is 0.410 e. The van der Waals surface area contributed by atoms with Crippen LogP contribution in [-0.4, -0.2) is 42.1 Å². The lowest BCUT2D eigenvalue weighted by molar-refractivity contribution is -0.124. The zero-order valence-corrected chi connectivity index (χ0v) is 10.4. The fraction of sp³-hybridized carbons (Fsp3) is 0.818. The third-order valence-corrected chi connectivity index (χ3v) is 2.43. The van der Waals surface area contributed by atoms with Gasteiger partial charge in [-0.3, -0.25) is 9.69 Å². The minimum absolute atomic E-state index is 0.122. The first-order chi connectivity index (χ1) is 7.35. The highest BCUT2D eigenvalue weighted by Gasteiger charge is 2.35. The van der Waals surface area contributed by atoms with Gasteiger partial charge in [0.1, 0.15) is 11.6 Å². The van der Waals surface area contributed by atoms with E-state index in [0.29, 0.717) is 13.0 Å². The van der Waals surface area contributed by atoms with Crippen LogP contribution in [0.25, 0.3) is 0 Å². The normalized spacial score (nSPS) is 20.8. The molecule has 1 N–H and O–H groups in total. The molecule has 16 heavy (non-hydrogen) atoms. The molecule has 5 nitrogen and oxygen atoms in total. The van der Waals surface area contributed by atoms with E-state index >= 15 is 0 Å². The monoisotopic (exact) mass is 228 g/mol. The Morgan fingerprint density at radius 2 is 2.00 bits per heavy atom. The molecule has 5 heteroatoms. The number of nitrogens with one attached hydrogen (secondary N) is 1. The largest absolute Gasteiger partial charge is 0.444 e. The first-order valence-corrected chi connectivity index (χ1v) is 5.56. The highest BCUT2D eigenvalue weighted by Crippen LogP contribution is 2.20. The molecule has 1 saturated heterocycles. The van der Waals surface area contributed by atoms with E-state index in [1.807, 2.05) is 20.8 Å². The summed E-state index contributed by atoms with van der Waals surface area (Å²) >= 11 is 0. The number of nitrogens with zero attached hydrogens (tertiary/aromatic N) is 1. The highest BCUT2D eigenvalue weighted by molar-refractivity contribution is 5.86. The lowest BCUT2D eigenvalue weighted by Gasteiger charge is -2.27.